The summed E-state index contributed by atoms with van der Waals surface area (Å²) in [6, 6.07) is 15.5. The highest BCUT2D eigenvalue weighted by atomic mass is 19.4. The van der Waals surface area contributed by atoms with Crippen molar-refractivity contribution in [3.05, 3.63) is 65.9 Å². The molecule has 0 atom stereocenters. The number of carbonyl (C=O) groups is 1. The first-order valence-corrected chi connectivity index (χ1v) is 8.54. The van der Waals surface area contributed by atoms with Crippen LogP contribution in [0.4, 0.5) is 18.9 Å². The van der Waals surface area contributed by atoms with Gasteiger partial charge in [0.05, 0.1) is 12.1 Å². The number of aromatic hydroxyl groups is 1. The molecule has 3 aromatic rings. The van der Waals surface area contributed by atoms with Gasteiger partial charge in [0, 0.05) is 17.5 Å². The Labute approximate surface area is 159 Å². The number of hydrogen-bond donors (Lipinski definition) is 2. The highest BCUT2D eigenvalue weighted by Gasteiger charge is 2.27. The lowest BCUT2D eigenvalue weighted by atomic mass is 10.1. The quantitative estimate of drug-likeness (QED) is 0.618. The van der Waals surface area contributed by atoms with Crippen LogP contribution < -0.4 is 5.32 Å². The first-order valence-electron chi connectivity index (χ1n) is 8.54. The molecule has 1 heterocycles. The lowest BCUT2D eigenvalue weighted by Gasteiger charge is -2.10. The maximum absolute atomic E-state index is 12.3. The summed E-state index contributed by atoms with van der Waals surface area (Å²) in [7, 11) is 0. The van der Waals surface area contributed by atoms with Gasteiger partial charge in [-0.25, -0.2) is 4.98 Å². The first-order chi connectivity index (χ1) is 13.3. The number of phenolic OH excluding ortho intramolecular Hbond substituents is 1. The molecule has 1 amide bonds. The molecule has 3 rings (SSSR count). The Morgan fingerprint density at radius 1 is 1.04 bits per heavy atom. The molecule has 0 saturated heterocycles. The van der Waals surface area contributed by atoms with Crippen LogP contribution in [-0.4, -0.2) is 22.2 Å². The van der Waals surface area contributed by atoms with Gasteiger partial charge in [-0.2, -0.15) is 13.2 Å². The third kappa shape index (κ3) is 5.09. The van der Waals surface area contributed by atoms with Crippen molar-refractivity contribution in [2.75, 3.05) is 5.32 Å². The van der Waals surface area contributed by atoms with Crippen LogP contribution >= 0.6 is 0 Å². The maximum Gasteiger partial charge on any atom is 0.389 e. The minimum Gasteiger partial charge on any atom is -0.506 e. The van der Waals surface area contributed by atoms with Gasteiger partial charge < -0.3 is 10.4 Å². The minimum absolute atomic E-state index is 0.0741. The van der Waals surface area contributed by atoms with Crippen LogP contribution in [0.15, 0.2) is 54.6 Å². The Hall–Kier alpha value is -3.35. The third-order valence-corrected chi connectivity index (χ3v) is 4.02. The van der Waals surface area contributed by atoms with Crippen molar-refractivity contribution in [3.8, 4) is 5.75 Å². The van der Waals surface area contributed by atoms with E-state index in [-0.39, 0.29) is 5.75 Å². The van der Waals surface area contributed by atoms with Crippen molar-refractivity contribution in [3.63, 3.8) is 0 Å². The molecule has 1 aromatic heterocycles. The smallest absolute Gasteiger partial charge is 0.389 e. The number of halogens is 3. The second kappa shape index (κ2) is 8.12. The highest BCUT2D eigenvalue weighted by Crippen LogP contribution is 2.25. The molecule has 0 aliphatic rings. The number of fused-ring (bicyclic) bond motifs is 1. The number of alkyl halides is 3. The van der Waals surface area contributed by atoms with Gasteiger partial charge in [0.15, 0.2) is 0 Å². The van der Waals surface area contributed by atoms with Crippen LogP contribution in [0.3, 0.4) is 0 Å². The Kier molecular flexibility index (Phi) is 5.63. The lowest BCUT2D eigenvalue weighted by molar-refractivity contribution is -0.142. The van der Waals surface area contributed by atoms with Crippen LogP contribution in [0.2, 0.25) is 0 Å². The monoisotopic (exact) mass is 386 g/mol. The predicted molar refractivity (Wildman–Crippen MR) is 103 cm³/mol. The zero-order valence-corrected chi connectivity index (χ0v) is 14.7. The second-order valence-corrected chi connectivity index (χ2v) is 6.17. The number of aromatic nitrogens is 1. The molecule has 2 aromatic carbocycles. The van der Waals surface area contributed by atoms with Crippen LogP contribution in [0.5, 0.6) is 5.75 Å². The fourth-order valence-electron chi connectivity index (χ4n) is 2.64. The number of hydrogen-bond acceptors (Lipinski definition) is 3. The molecular formula is C21H17F3N2O2. The molecule has 0 saturated carbocycles. The van der Waals surface area contributed by atoms with Crippen LogP contribution in [-0.2, 0) is 4.79 Å². The minimum atomic E-state index is -4.37. The maximum atomic E-state index is 12.3. The summed E-state index contributed by atoms with van der Waals surface area (Å²) in [5, 5.41) is 13.2. The van der Waals surface area contributed by atoms with Gasteiger partial charge in [0.2, 0.25) is 5.91 Å². The topological polar surface area (TPSA) is 62.2 Å². The molecule has 0 spiro atoms. The first kappa shape index (κ1) is 19.4. The summed E-state index contributed by atoms with van der Waals surface area (Å²) in [6.07, 6.45) is -2.77. The van der Waals surface area contributed by atoms with Crippen molar-refractivity contribution in [1.82, 2.24) is 4.98 Å². The van der Waals surface area contributed by atoms with E-state index in [1.54, 1.807) is 54.6 Å². The van der Waals surface area contributed by atoms with Crippen molar-refractivity contribution >= 4 is 34.6 Å². The normalized spacial score (nSPS) is 11.8. The molecule has 0 aliphatic carbocycles. The van der Waals surface area contributed by atoms with Crippen LogP contribution in [0.25, 0.3) is 23.1 Å². The number of benzene rings is 2. The Morgan fingerprint density at radius 3 is 2.61 bits per heavy atom. The molecule has 144 valence electrons. The van der Waals surface area contributed by atoms with Crippen molar-refractivity contribution < 1.29 is 23.1 Å². The predicted octanol–water partition coefficient (Wildman–Crippen LogP) is 5.39. The van der Waals surface area contributed by atoms with E-state index in [0.717, 1.165) is 5.39 Å². The summed E-state index contributed by atoms with van der Waals surface area (Å²) in [6.45, 7) is 0. The number of pyridine rings is 1. The molecule has 0 fully saturated rings. The average Bonchev–Trinajstić information content (AvgIpc) is 2.66. The van der Waals surface area contributed by atoms with E-state index in [9.17, 15) is 23.1 Å². The number of para-hydroxylation sites is 2. The Bertz CT molecular complexity index is 1030. The van der Waals surface area contributed by atoms with E-state index in [1.165, 1.54) is 0 Å². The SMILES string of the molecule is O=C(CCC(F)(F)F)Nc1ccccc1/C=C/c1ccc2cccc(O)c2n1. The molecule has 2 N–H and O–H groups in total. The van der Waals surface area contributed by atoms with Gasteiger partial charge in [0.1, 0.15) is 11.3 Å². The Balaban J connectivity index is 1.78. The van der Waals surface area contributed by atoms with Gasteiger partial charge in [-0.1, -0.05) is 42.5 Å². The molecular weight excluding hydrogens is 369 g/mol. The number of carbonyl (C=O) groups excluding carboxylic acids is 1. The zero-order chi connectivity index (χ0) is 20.1. The van der Waals surface area contributed by atoms with E-state index in [1.807, 2.05) is 12.1 Å². The molecule has 0 radical (unpaired) electrons. The number of rotatable bonds is 5. The second-order valence-electron chi connectivity index (χ2n) is 6.17. The summed E-state index contributed by atoms with van der Waals surface area (Å²) in [5.74, 6) is -0.628. The zero-order valence-electron chi connectivity index (χ0n) is 14.7. The van der Waals surface area contributed by atoms with E-state index >= 15 is 0 Å². The summed E-state index contributed by atoms with van der Waals surface area (Å²) < 4.78 is 36.8. The van der Waals surface area contributed by atoms with E-state index < -0.39 is 24.9 Å². The average molecular weight is 386 g/mol. The lowest BCUT2D eigenvalue weighted by Crippen LogP contribution is -2.17. The number of nitrogens with one attached hydrogen (secondary N) is 1. The molecule has 7 heteroatoms. The fraction of sp³-hybridized carbons (Fsp3) is 0.143. The standard InChI is InChI=1S/C21H17F3N2O2/c22-21(23,24)13-12-19(28)26-17-6-2-1-4-14(17)8-10-16-11-9-15-5-3-7-18(27)20(15)25-16/h1-11,27H,12-13H2,(H,26,28)/b10-8+. The molecule has 0 aliphatic heterocycles. The van der Waals surface area contributed by atoms with E-state index in [0.29, 0.717) is 22.5 Å². The van der Waals surface area contributed by atoms with Gasteiger partial charge in [0.25, 0.3) is 0 Å². The van der Waals surface area contributed by atoms with Gasteiger partial charge in [-0.05, 0) is 29.8 Å². The molecule has 28 heavy (non-hydrogen) atoms. The molecule has 0 bridgehead atoms. The van der Waals surface area contributed by atoms with Crippen LogP contribution in [0, 0.1) is 0 Å². The fourth-order valence-corrected chi connectivity index (χ4v) is 2.64. The summed E-state index contributed by atoms with van der Waals surface area (Å²) in [4.78, 5) is 16.2. The van der Waals surface area contributed by atoms with Crippen molar-refractivity contribution in [1.29, 1.82) is 0 Å². The van der Waals surface area contributed by atoms with Gasteiger partial charge >= 0.3 is 6.18 Å². The summed E-state index contributed by atoms with van der Waals surface area (Å²) in [5.41, 5.74) is 2.10. The third-order valence-electron chi connectivity index (χ3n) is 4.02. The van der Waals surface area contributed by atoms with Gasteiger partial charge in [-0.15, -0.1) is 0 Å². The number of anilines is 1. The largest absolute Gasteiger partial charge is 0.506 e. The number of nitrogens with zero attached hydrogens (tertiary/aromatic N) is 1. The van der Waals surface area contributed by atoms with Crippen LogP contribution in [0.1, 0.15) is 24.1 Å². The number of amides is 1. The summed E-state index contributed by atoms with van der Waals surface area (Å²) >= 11 is 0. The highest BCUT2D eigenvalue weighted by molar-refractivity contribution is 5.94. The molecule has 4 nitrogen and oxygen atoms in total. The molecule has 0 unspecified atom stereocenters. The van der Waals surface area contributed by atoms with E-state index in [4.69, 9.17) is 0 Å². The number of phenols is 1. The van der Waals surface area contributed by atoms with E-state index in [2.05, 4.69) is 10.3 Å². The van der Waals surface area contributed by atoms with Gasteiger partial charge in [-0.3, -0.25) is 4.79 Å². The van der Waals surface area contributed by atoms with Crippen molar-refractivity contribution in [2.45, 2.75) is 19.0 Å². The van der Waals surface area contributed by atoms with Crippen molar-refractivity contribution in [2.24, 2.45) is 0 Å². The Morgan fingerprint density at radius 2 is 1.82 bits per heavy atom.